The fraction of sp³-hybridized carbons (Fsp3) is 0.917. The molecule has 1 N–H and O–H groups in total. The molecule has 0 aromatic heterocycles. The second-order valence-corrected chi connectivity index (χ2v) is 7.00. The number of amides is 1. The average Bonchev–Trinajstić information content (AvgIpc) is 2.18. The van der Waals surface area contributed by atoms with Crippen LogP contribution in [-0.2, 0) is 4.79 Å². The van der Waals surface area contributed by atoms with Crippen molar-refractivity contribution in [2.45, 2.75) is 56.7 Å². The Labute approximate surface area is 101 Å². The predicted octanol–water partition coefficient (Wildman–Crippen LogP) is 3.25. The van der Waals surface area contributed by atoms with E-state index >= 15 is 0 Å². The third kappa shape index (κ3) is 5.01. The summed E-state index contributed by atoms with van der Waals surface area (Å²) in [4.78, 5) is 11.5. The topological polar surface area (TPSA) is 29.1 Å². The fourth-order valence-electron chi connectivity index (χ4n) is 2.08. The molecule has 0 aromatic carbocycles. The number of alkyl halides is 1. The molecule has 0 atom stereocenters. The molecule has 2 nitrogen and oxygen atoms in total. The maximum atomic E-state index is 11.5. The molecule has 0 unspecified atom stereocenters. The molecule has 1 fully saturated rings. The van der Waals surface area contributed by atoms with E-state index in [4.69, 9.17) is 0 Å². The average molecular weight is 276 g/mol. The van der Waals surface area contributed by atoms with Gasteiger partial charge < -0.3 is 5.32 Å². The summed E-state index contributed by atoms with van der Waals surface area (Å²) in [5, 5.41) is 2.98. The highest BCUT2D eigenvalue weighted by atomic mass is 79.9. The van der Waals surface area contributed by atoms with Gasteiger partial charge in [-0.3, -0.25) is 4.79 Å². The van der Waals surface area contributed by atoms with Crippen molar-refractivity contribution in [3.63, 3.8) is 0 Å². The fourth-order valence-corrected chi connectivity index (χ4v) is 2.22. The monoisotopic (exact) mass is 275 g/mol. The Bertz CT molecular complexity index is 204. The molecular weight excluding hydrogens is 254 g/mol. The van der Waals surface area contributed by atoms with Crippen LogP contribution in [0.25, 0.3) is 0 Å². The summed E-state index contributed by atoms with van der Waals surface area (Å²) in [6.45, 7) is 4.59. The molecule has 0 radical (unpaired) electrons. The van der Waals surface area contributed by atoms with Crippen LogP contribution in [-0.4, -0.2) is 16.8 Å². The molecule has 0 bridgehead atoms. The molecule has 0 aliphatic heterocycles. The lowest BCUT2D eigenvalue weighted by atomic mass is 9.87. The molecule has 0 spiro atoms. The number of carbonyl (C=O) groups excluding carboxylic acids is 1. The normalized spacial score (nSPS) is 18.9. The summed E-state index contributed by atoms with van der Waals surface area (Å²) in [7, 11) is 0. The molecular formula is C12H22BrNO. The molecule has 0 aromatic rings. The highest BCUT2D eigenvalue weighted by Crippen LogP contribution is 2.25. The zero-order valence-corrected chi connectivity index (χ0v) is 11.4. The van der Waals surface area contributed by atoms with Crippen molar-refractivity contribution >= 4 is 21.8 Å². The van der Waals surface area contributed by atoms with Crippen molar-refractivity contribution in [3.8, 4) is 0 Å². The van der Waals surface area contributed by atoms with Crippen LogP contribution in [0.1, 0.15) is 52.4 Å². The predicted molar refractivity (Wildman–Crippen MR) is 67.2 cm³/mol. The standard InChI is InChI=1S/C12H22BrNO/c1-12(2,13)11(15)14-9-8-10-6-4-3-5-7-10/h10H,3-9H2,1-2H3,(H,14,15). The van der Waals surface area contributed by atoms with Crippen molar-refractivity contribution in [3.05, 3.63) is 0 Å². The molecule has 15 heavy (non-hydrogen) atoms. The summed E-state index contributed by atoms with van der Waals surface area (Å²) in [5.74, 6) is 0.941. The minimum Gasteiger partial charge on any atom is -0.355 e. The molecule has 3 heteroatoms. The lowest BCUT2D eigenvalue weighted by molar-refractivity contribution is -0.122. The highest BCUT2D eigenvalue weighted by molar-refractivity contribution is 9.10. The van der Waals surface area contributed by atoms with Crippen LogP contribution in [0.15, 0.2) is 0 Å². The molecule has 0 saturated heterocycles. The molecule has 88 valence electrons. The largest absolute Gasteiger partial charge is 0.355 e. The van der Waals surface area contributed by atoms with Crippen molar-refractivity contribution in [1.29, 1.82) is 0 Å². The lowest BCUT2D eigenvalue weighted by Crippen LogP contribution is -2.38. The minimum atomic E-state index is -0.431. The number of hydrogen-bond acceptors (Lipinski definition) is 1. The van der Waals surface area contributed by atoms with E-state index in [2.05, 4.69) is 21.2 Å². The zero-order chi connectivity index (χ0) is 11.3. The third-order valence-corrected chi connectivity index (χ3v) is 3.46. The number of halogens is 1. The minimum absolute atomic E-state index is 0.0957. The van der Waals surface area contributed by atoms with E-state index in [1.54, 1.807) is 0 Å². The van der Waals surface area contributed by atoms with Crippen molar-refractivity contribution in [1.82, 2.24) is 5.32 Å². The Morgan fingerprint density at radius 3 is 2.47 bits per heavy atom. The van der Waals surface area contributed by atoms with Crippen LogP contribution in [0.4, 0.5) is 0 Å². The van der Waals surface area contributed by atoms with Gasteiger partial charge in [0.05, 0.1) is 4.32 Å². The van der Waals surface area contributed by atoms with E-state index < -0.39 is 4.32 Å². The Kier molecular flexibility index (Phi) is 5.10. The van der Waals surface area contributed by atoms with Gasteiger partial charge in [-0.25, -0.2) is 0 Å². The van der Waals surface area contributed by atoms with Gasteiger partial charge in [0.1, 0.15) is 0 Å². The van der Waals surface area contributed by atoms with Crippen LogP contribution < -0.4 is 5.32 Å². The highest BCUT2D eigenvalue weighted by Gasteiger charge is 2.23. The summed E-state index contributed by atoms with van der Waals surface area (Å²) in [5.41, 5.74) is 0. The zero-order valence-electron chi connectivity index (χ0n) is 9.81. The van der Waals surface area contributed by atoms with Gasteiger partial charge in [0, 0.05) is 6.54 Å². The summed E-state index contributed by atoms with van der Waals surface area (Å²) < 4.78 is -0.431. The summed E-state index contributed by atoms with van der Waals surface area (Å²) in [6.07, 6.45) is 8.01. The first-order valence-electron chi connectivity index (χ1n) is 5.97. The van der Waals surface area contributed by atoms with Gasteiger partial charge in [-0.05, 0) is 26.2 Å². The van der Waals surface area contributed by atoms with Gasteiger partial charge in [0.25, 0.3) is 0 Å². The number of carbonyl (C=O) groups is 1. The van der Waals surface area contributed by atoms with Gasteiger partial charge in [0.15, 0.2) is 0 Å². The molecule has 1 amide bonds. The molecule has 0 heterocycles. The Hall–Kier alpha value is -0.0500. The number of rotatable bonds is 4. The second kappa shape index (κ2) is 5.88. The third-order valence-electron chi connectivity index (χ3n) is 3.10. The van der Waals surface area contributed by atoms with Crippen LogP contribution in [0, 0.1) is 5.92 Å². The molecule has 1 saturated carbocycles. The van der Waals surface area contributed by atoms with Gasteiger partial charge >= 0.3 is 0 Å². The first kappa shape index (κ1) is 13.0. The van der Waals surface area contributed by atoms with Gasteiger partial charge in [-0.15, -0.1) is 0 Å². The van der Waals surface area contributed by atoms with Crippen molar-refractivity contribution in [2.24, 2.45) is 5.92 Å². The Morgan fingerprint density at radius 2 is 1.93 bits per heavy atom. The van der Waals surface area contributed by atoms with E-state index in [1.165, 1.54) is 32.1 Å². The summed E-state index contributed by atoms with van der Waals surface area (Å²) in [6, 6.07) is 0. The van der Waals surface area contributed by atoms with Crippen LogP contribution in [0.2, 0.25) is 0 Å². The number of hydrogen-bond donors (Lipinski definition) is 1. The van der Waals surface area contributed by atoms with E-state index in [1.807, 2.05) is 13.8 Å². The van der Waals surface area contributed by atoms with Gasteiger partial charge in [-0.2, -0.15) is 0 Å². The lowest BCUT2D eigenvalue weighted by Gasteiger charge is -2.22. The van der Waals surface area contributed by atoms with Gasteiger partial charge in [-0.1, -0.05) is 48.0 Å². The Morgan fingerprint density at radius 1 is 1.33 bits per heavy atom. The maximum Gasteiger partial charge on any atom is 0.236 e. The van der Waals surface area contributed by atoms with Gasteiger partial charge in [0.2, 0.25) is 5.91 Å². The first-order chi connectivity index (χ1) is 7.00. The molecule has 1 aliphatic rings. The van der Waals surface area contributed by atoms with Crippen LogP contribution in [0.5, 0.6) is 0 Å². The Balaban J connectivity index is 2.12. The van der Waals surface area contributed by atoms with E-state index in [9.17, 15) is 4.79 Å². The number of nitrogens with one attached hydrogen (secondary N) is 1. The SMILES string of the molecule is CC(C)(Br)C(=O)NCCC1CCCCC1. The first-order valence-corrected chi connectivity index (χ1v) is 6.76. The van der Waals surface area contributed by atoms with E-state index in [0.29, 0.717) is 0 Å². The van der Waals surface area contributed by atoms with Crippen molar-refractivity contribution in [2.75, 3.05) is 6.54 Å². The van der Waals surface area contributed by atoms with Crippen LogP contribution >= 0.6 is 15.9 Å². The maximum absolute atomic E-state index is 11.5. The van der Waals surface area contributed by atoms with E-state index in [0.717, 1.165) is 18.9 Å². The smallest absolute Gasteiger partial charge is 0.236 e. The van der Waals surface area contributed by atoms with Crippen LogP contribution in [0.3, 0.4) is 0 Å². The molecule has 1 rings (SSSR count). The van der Waals surface area contributed by atoms with Crippen molar-refractivity contribution < 1.29 is 4.79 Å². The quantitative estimate of drug-likeness (QED) is 0.785. The second-order valence-electron chi connectivity index (χ2n) is 5.02. The summed E-state index contributed by atoms with van der Waals surface area (Å²) >= 11 is 3.36. The molecule has 1 aliphatic carbocycles. The van der Waals surface area contributed by atoms with E-state index in [-0.39, 0.29) is 5.91 Å².